The topological polar surface area (TPSA) is 110 Å². The maximum atomic E-state index is 13.1. The van der Waals surface area contributed by atoms with Gasteiger partial charge in [-0.25, -0.2) is 9.02 Å². The number of nitrogen functional groups attached to an aromatic ring is 1. The summed E-state index contributed by atoms with van der Waals surface area (Å²) in [6, 6.07) is 2.13. The number of halogens is 4. The molecule has 21 heavy (non-hydrogen) atoms. The minimum Gasteiger partial charge on any atom is -0.409 e. The standard InChI is InChI=1S/C10H7F4N5O2/c11-6-2-1-4(3-5(6)10(12,13)14)16-9(17-20)7-8(15)19-21-18-7/h1-3,20H,(H2,15,19)(H,16,17). The smallest absolute Gasteiger partial charge is 0.409 e. The lowest BCUT2D eigenvalue weighted by Crippen LogP contribution is -2.17. The number of rotatable bonds is 2. The fourth-order valence-corrected chi connectivity index (χ4v) is 1.45. The van der Waals surface area contributed by atoms with E-state index in [1.165, 1.54) is 0 Å². The first-order valence-corrected chi connectivity index (χ1v) is 5.27. The number of anilines is 2. The number of benzene rings is 1. The lowest BCUT2D eigenvalue weighted by atomic mass is 10.1. The number of nitrogens with zero attached hydrogens (tertiary/aromatic N) is 3. The Labute approximate surface area is 114 Å². The van der Waals surface area contributed by atoms with Crippen LogP contribution >= 0.6 is 0 Å². The van der Waals surface area contributed by atoms with Crippen molar-refractivity contribution in [2.75, 3.05) is 11.1 Å². The Balaban J connectivity index is 2.34. The van der Waals surface area contributed by atoms with Crippen molar-refractivity contribution in [3.63, 3.8) is 0 Å². The van der Waals surface area contributed by atoms with Crippen LogP contribution in [0.5, 0.6) is 0 Å². The van der Waals surface area contributed by atoms with Crippen molar-refractivity contribution in [3.05, 3.63) is 35.3 Å². The third-order valence-corrected chi connectivity index (χ3v) is 2.37. The maximum Gasteiger partial charge on any atom is 0.419 e. The molecular formula is C10H7F4N5O2. The Kier molecular flexibility index (Phi) is 3.65. The molecular weight excluding hydrogens is 298 g/mol. The molecule has 11 heteroatoms. The molecule has 0 atom stereocenters. The highest BCUT2D eigenvalue weighted by Crippen LogP contribution is 2.33. The quantitative estimate of drug-likeness (QED) is 0.257. The van der Waals surface area contributed by atoms with E-state index in [4.69, 9.17) is 10.9 Å². The van der Waals surface area contributed by atoms with Gasteiger partial charge in [0.2, 0.25) is 5.84 Å². The molecule has 0 amide bonds. The summed E-state index contributed by atoms with van der Waals surface area (Å²) < 4.78 is 55.1. The van der Waals surface area contributed by atoms with Crippen molar-refractivity contribution in [2.45, 2.75) is 6.18 Å². The molecule has 0 bridgehead atoms. The van der Waals surface area contributed by atoms with Crippen LogP contribution in [-0.4, -0.2) is 21.4 Å². The molecule has 7 nitrogen and oxygen atoms in total. The number of alkyl halides is 3. The molecule has 0 aliphatic rings. The van der Waals surface area contributed by atoms with Crippen LogP contribution in [0.3, 0.4) is 0 Å². The van der Waals surface area contributed by atoms with Crippen LogP contribution in [0, 0.1) is 5.82 Å². The third-order valence-electron chi connectivity index (χ3n) is 2.37. The van der Waals surface area contributed by atoms with Crippen molar-refractivity contribution in [1.29, 1.82) is 0 Å². The second-order valence-electron chi connectivity index (χ2n) is 3.76. The molecule has 0 radical (unpaired) electrons. The predicted octanol–water partition coefficient (Wildman–Crippen LogP) is 2.06. The normalized spacial score (nSPS) is 12.5. The van der Waals surface area contributed by atoms with Gasteiger partial charge in [-0.15, -0.1) is 0 Å². The second-order valence-corrected chi connectivity index (χ2v) is 3.76. The summed E-state index contributed by atoms with van der Waals surface area (Å²) in [4.78, 5) is 0. The lowest BCUT2D eigenvalue weighted by Gasteiger charge is -2.11. The second kappa shape index (κ2) is 5.26. The van der Waals surface area contributed by atoms with E-state index in [0.29, 0.717) is 12.1 Å². The minimum atomic E-state index is -4.87. The Bertz CT molecular complexity index is 682. The van der Waals surface area contributed by atoms with Gasteiger partial charge in [0, 0.05) is 5.69 Å². The summed E-state index contributed by atoms with van der Waals surface area (Å²) in [6.07, 6.45) is -4.87. The van der Waals surface area contributed by atoms with Gasteiger partial charge in [0.1, 0.15) is 5.82 Å². The van der Waals surface area contributed by atoms with Gasteiger partial charge in [-0.3, -0.25) is 0 Å². The van der Waals surface area contributed by atoms with E-state index < -0.39 is 23.4 Å². The molecule has 0 saturated heterocycles. The highest BCUT2D eigenvalue weighted by Gasteiger charge is 2.34. The Morgan fingerprint density at radius 1 is 1.33 bits per heavy atom. The van der Waals surface area contributed by atoms with E-state index in [-0.39, 0.29) is 17.2 Å². The van der Waals surface area contributed by atoms with Gasteiger partial charge in [0.05, 0.1) is 5.56 Å². The summed E-state index contributed by atoms with van der Waals surface area (Å²) in [5, 5.41) is 20.5. The molecule has 2 rings (SSSR count). The van der Waals surface area contributed by atoms with E-state index in [1.807, 2.05) is 0 Å². The minimum absolute atomic E-state index is 0.195. The highest BCUT2D eigenvalue weighted by atomic mass is 19.4. The molecule has 0 saturated carbocycles. The average molecular weight is 305 g/mol. The Hall–Kier alpha value is -2.85. The largest absolute Gasteiger partial charge is 0.419 e. The molecule has 1 aromatic heterocycles. The number of hydrogen-bond donors (Lipinski definition) is 3. The van der Waals surface area contributed by atoms with Gasteiger partial charge in [-0.2, -0.15) is 13.2 Å². The number of oxime groups is 1. The number of hydrogen-bond acceptors (Lipinski definition) is 6. The fourth-order valence-electron chi connectivity index (χ4n) is 1.45. The summed E-state index contributed by atoms with van der Waals surface area (Å²) in [7, 11) is 0. The zero-order valence-electron chi connectivity index (χ0n) is 10.0. The van der Waals surface area contributed by atoms with Crippen molar-refractivity contribution in [3.8, 4) is 0 Å². The van der Waals surface area contributed by atoms with E-state index in [1.54, 1.807) is 0 Å². The maximum absolute atomic E-state index is 13.1. The summed E-state index contributed by atoms with van der Waals surface area (Å²) >= 11 is 0. The molecule has 0 aliphatic heterocycles. The number of nitrogens with two attached hydrogens (primary N) is 1. The Morgan fingerprint density at radius 3 is 2.57 bits per heavy atom. The van der Waals surface area contributed by atoms with Crippen LogP contribution in [0.2, 0.25) is 0 Å². The number of nitrogens with one attached hydrogen (secondary N) is 1. The molecule has 4 N–H and O–H groups in total. The molecule has 2 aromatic rings. The molecule has 0 fully saturated rings. The fraction of sp³-hybridized carbons (Fsp3) is 0.100. The summed E-state index contributed by atoms with van der Waals surface area (Å²) in [6.45, 7) is 0. The lowest BCUT2D eigenvalue weighted by molar-refractivity contribution is -0.139. The van der Waals surface area contributed by atoms with Crippen LogP contribution < -0.4 is 11.1 Å². The van der Waals surface area contributed by atoms with Crippen molar-refractivity contribution in [1.82, 2.24) is 10.3 Å². The van der Waals surface area contributed by atoms with Gasteiger partial charge in [-0.05, 0) is 28.5 Å². The van der Waals surface area contributed by atoms with E-state index >= 15 is 0 Å². The molecule has 112 valence electrons. The summed E-state index contributed by atoms with van der Waals surface area (Å²) in [5.74, 6) is -2.08. The summed E-state index contributed by atoms with van der Waals surface area (Å²) in [5.41, 5.74) is 3.47. The first-order chi connectivity index (χ1) is 9.82. The van der Waals surface area contributed by atoms with Crippen LogP contribution in [0.25, 0.3) is 0 Å². The average Bonchev–Trinajstić information content (AvgIpc) is 2.82. The SMILES string of the molecule is Nc1nonc1/C(=N/O)Nc1ccc(F)c(C(F)(F)F)c1. The van der Waals surface area contributed by atoms with Crippen LogP contribution in [0.4, 0.5) is 29.1 Å². The van der Waals surface area contributed by atoms with E-state index in [9.17, 15) is 17.6 Å². The van der Waals surface area contributed by atoms with Gasteiger partial charge >= 0.3 is 6.18 Å². The number of amidine groups is 1. The third kappa shape index (κ3) is 3.01. The van der Waals surface area contributed by atoms with Crippen molar-refractivity contribution in [2.24, 2.45) is 5.16 Å². The van der Waals surface area contributed by atoms with Gasteiger partial charge < -0.3 is 16.3 Å². The number of aromatic nitrogens is 2. The van der Waals surface area contributed by atoms with Crippen LogP contribution in [0.1, 0.15) is 11.3 Å². The van der Waals surface area contributed by atoms with Gasteiger partial charge in [-0.1, -0.05) is 5.16 Å². The molecule has 0 aliphatic carbocycles. The molecule has 0 unspecified atom stereocenters. The molecule has 0 spiro atoms. The van der Waals surface area contributed by atoms with Crippen molar-refractivity contribution >= 4 is 17.3 Å². The van der Waals surface area contributed by atoms with Crippen LogP contribution in [-0.2, 0) is 6.18 Å². The monoisotopic (exact) mass is 305 g/mol. The van der Waals surface area contributed by atoms with Gasteiger partial charge in [0.25, 0.3) is 0 Å². The van der Waals surface area contributed by atoms with Crippen LogP contribution in [0.15, 0.2) is 28.0 Å². The van der Waals surface area contributed by atoms with E-state index in [2.05, 4.69) is 25.4 Å². The first-order valence-electron chi connectivity index (χ1n) is 5.27. The molecule has 1 heterocycles. The first kappa shape index (κ1) is 14.6. The zero-order chi connectivity index (χ0) is 15.6. The van der Waals surface area contributed by atoms with Crippen molar-refractivity contribution < 1.29 is 27.4 Å². The van der Waals surface area contributed by atoms with Gasteiger partial charge in [0.15, 0.2) is 11.5 Å². The zero-order valence-corrected chi connectivity index (χ0v) is 10.0. The Morgan fingerprint density at radius 2 is 2.05 bits per heavy atom. The van der Waals surface area contributed by atoms with E-state index in [0.717, 1.165) is 6.07 Å². The predicted molar refractivity (Wildman–Crippen MR) is 62.1 cm³/mol. The molecule has 1 aromatic carbocycles. The highest BCUT2D eigenvalue weighted by molar-refractivity contribution is 6.09.